The summed E-state index contributed by atoms with van der Waals surface area (Å²) in [5.41, 5.74) is 0.794. The molecular weight excluding hydrogens is 255 g/mol. The minimum Gasteiger partial charge on any atom is -0.213 e. The van der Waals surface area contributed by atoms with Crippen molar-refractivity contribution < 1.29 is 13.2 Å². The lowest BCUT2D eigenvalue weighted by Crippen LogP contribution is -2.04. The number of nitrogens with zero attached hydrogens (tertiary/aromatic N) is 3. The van der Waals surface area contributed by atoms with Crippen LogP contribution in [0.3, 0.4) is 0 Å². The predicted molar refractivity (Wildman–Crippen MR) is 63.9 cm³/mol. The summed E-state index contributed by atoms with van der Waals surface area (Å²) in [5.74, 6) is 0. The molecule has 96 valence electrons. The van der Waals surface area contributed by atoms with E-state index >= 15 is 0 Å². The molecule has 0 aliphatic heterocycles. The van der Waals surface area contributed by atoms with Gasteiger partial charge in [0.05, 0.1) is 16.8 Å². The van der Waals surface area contributed by atoms with E-state index in [0.29, 0.717) is 5.52 Å². The van der Waals surface area contributed by atoms with Gasteiger partial charge < -0.3 is 0 Å². The van der Waals surface area contributed by atoms with Crippen molar-refractivity contribution in [2.45, 2.75) is 6.18 Å². The van der Waals surface area contributed by atoms with Crippen LogP contribution in [0.25, 0.3) is 16.7 Å². The molecule has 1 aromatic heterocycles. The van der Waals surface area contributed by atoms with E-state index < -0.39 is 11.7 Å². The summed E-state index contributed by atoms with van der Waals surface area (Å²) in [6, 6.07) is 12.5. The van der Waals surface area contributed by atoms with Crippen LogP contribution in [0.15, 0.2) is 48.5 Å². The molecule has 0 saturated carbocycles. The van der Waals surface area contributed by atoms with Crippen LogP contribution in [0.4, 0.5) is 13.2 Å². The van der Waals surface area contributed by atoms with Gasteiger partial charge in [-0.25, -0.2) is 4.68 Å². The Morgan fingerprint density at radius 3 is 2.37 bits per heavy atom. The minimum atomic E-state index is -4.37. The van der Waals surface area contributed by atoms with Gasteiger partial charge in [-0.1, -0.05) is 23.4 Å². The number of benzene rings is 2. The second-order valence-electron chi connectivity index (χ2n) is 4.04. The molecule has 19 heavy (non-hydrogen) atoms. The summed E-state index contributed by atoms with van der Waals surface area (Å²) >= 11 is 0. The van der Waals surface area contributed by atoms with Crippen molar-refractivity contribution in [2.24, 2.45) is 0 Å². The van der Waals surface area contributed by atoms with Crippen molar-refractivity contribution in [1.29, 1.82) is 0 Å². The highest BCUT2D eigenvalue weighted by Crippen LogP contribution is 2.31. The molecule has 6 heteroatoms. The fourth-order valence-corrected chi connectivity index (χ4v) is 1.86. The van der Waals surface area contributed by atoms with Crippen molar-refractivity contribution >= 4 is 11.0 Å². The number of para-hydroxylation sites is 1. The van der Waals surface area contributed by atoms with E-state index in [2.05, 4.69) is 10.3 Å². The molecule has 3 aromatic rings. The van der Waals surface area contributed by atoms with Crippen LogP contribution >= 0.6 is 0 Å². The van der Waals surface area contributed by atoms with Gasteiger partial charge in [0.1, 0.15) is 5.52 Å². The van der Waals surface area contributed by atoms with Gasteiger partial charge in [0.2, 0.25) is 0 Å². The smallest absolute Gasteiger partial charge is 0.213 e. The number of rotatable bonds is 1. The molecule has 0 spiro atoms. The highest BCUT2D eigenvalue weighted by atomic mass is 19.4. The van der Waals surface area contributed by atoms with Gasteiger partial charge in [0, 0.05) is 0 Å². The molecule has 3 nitrogen and oxygen atoms in total. The fraction of sp³-hybridized carbons (Fsp3) is 0.0769. The first kappa shape index (κ1) is 11.7. The molecule has 0 fully saturated rings. The van der Waals surface area contributed by atoms with Crippen molar-refractivity contribution in [3.63, 3.8) is 0 Å². The van der Waals surface area contributed by atoms with Crippen molar-refractivity contribution in [3.8, 4) is 5.69 Å². The molecule has 2 aromatic carbocycles. The van der Waals surface area contributed by atoms with E-state index in [4.69, 9.17) is 0 Å². The van der Waals surface area contributed by atoms with Crippen LogP contribution < -0.4 is 0 Å². The monoisotopic (exact) mass is 263 g/mol. The maximum atomic E-state index is 12.6. The summed E-state index contributed by atoms with van der Waals surface area (Å²) < 4.78 is 39.3. The lowest BCUT2D eigenvalue weighted by Gasteiger charge is -2.06. The first-order valence-corrected chi connectivity index (χ1v) is 5.54. The number of hydrogen-bond acceptors (Lipinski definition) is 2. The van der Waals surface area contributed by atoms with Crippen molar-refractivity contribution in [1.82, 2.24) is 15.0 Å². The van der Waals surface area contributed by atoms with Crippen LogP contribution in [-0.2, 0) is 6.18 Å². The van der Waals surface area contributed by atoms with Gasteiger partial charge in [0.15, 0.2) is 0 Å². The van der Waals surface area contributed by atoms with Crippen LogP contribution in [0.2, 0.25) is 0 Å². The number of hydrogen-bond donors (Lipinski definition) is 0. The van der Waals surface area contributed by atoms with E-state index in [-0.39, 0.29) is 5.52 Å². The lowest BCUT2D eigenvalue weighted by molar-refractivity contribution is -0.137. The zero-order chi connectivity index (χ0) is 13.5. The number of aromatic nitrogens is 3. The van der Waals surface area contributed by atoms with Crippen molar-refractivity contribution in [2.75, 3.05) is 0 Å². The van der Waals surface area contributed by atoms with Gasteiger partial charge >= 0.3 is 6.18 Å². The van der Waals surface area contributed by atoms with Crippen LogP contribution in [0.1, 0.15) is 5.56 Å². The Balaban J connectivity index is 2.16. The second-order valence-corrected chi connectivity index (χ2v) is 4.04. The molecule has 0 N–H and O–H groups in total. The molecule has 3 rings (SSSR count). The molecule has 0 amide bonds. The average Bonchev–Trinajstić information content (AvgIpc) is 2.81. The summed E-state index contributed by atoms with van der Waals surface area (Å²) in [5, 5.41) is 7.67. The van der Waals surface area contributed by atoms with E-state index in [0.717, 1.165) is 17.8 Å². The van der Waals surface area contributed by atoms with E-state index in [1.54, 1.807) is 0 Å². The first-order valence-electron chi connectivity index (χ1n) is 5.54. The van der Waals surface area contributed by atoms with Gasteiger partial charge in [-0.05, 0) is 30.3 Å². The standard InChI is InChI=1S/C13H8F3N3/c14-13(15,16)9-6-7-12-11(8-9)17-18-19(12)10-4-2-1-3-5-10/h1-8H. The van der Waals surface area contributed by atoms with Crippen LogP contribution in [0, 0.1) is 0 Å². The highest BCUT2D eigenvalue weighted by molar-refractivity contribution is 5.77. The minimum absolute atomic E-state index is 0.221. The fourth-order valence-electron chi connectivity index (χ4n) is 1.86. The lowest BCUT2D eigenvalue weighted by atomic mass is 10.2. The SMILES string of the molecule is FC(F)(F)c1ccc2c(c1)nnn2-c1ccccc1. The largest absolute Gasteiger partial charge is 0.416 e. The molecule has 0 atom stereocenters. The Morgan fingerprint density at radius 2 is 1.68 bits per heavy atom. The molecule has 0 bridgehead atoms. The predicted octanol–water partition coefficient (Wildman–Crippen LogP) is 3.44. The third kappa shape index (κ3) is 2.05. The van der Waals surface area contributed by atoms with Crippen LogP contribution in [0.5, 0.6) is 0 Å². The normalized spacial score (nSPS) is 11.9. The zero-order valence-electron chi connectivity index (χ0n) is 9.59. The Morgan fingerprint density at radius 1 is 0.947 bits per heavy atom. The Hall–Kier alpha value is -2.37. The van der Waals surface area contributed by atoms with E-state index in [1.807, 2.05) is 30.3 Å². The van der Waals surface area contributed by atoms with E-state index in [9.17, 15) is 13.2 Å². The first-order chi connectivity index (χ1) is 9.05. The van der Waals surface area contributed by atoms with Gasteiger partial charge in [0.25, 0.3) is 0 Å². The third-order valence-electron chi connectivity index (χ3n) is 2.77. The Bertz CT molecular complexity index is 717. The zero-order valence-corrected chi connectivity index (χ0v) is 9.59. The molecule has 0 saturated heterocycles. The Labute approximate surface area is 106 Å². The highest BCUT2D eigenvalue weighted by Gasteiger charge is 2.31. The van der Waals surface area contributed by atoms with Gasteiger partial charge in [-0.3, -0.25) is 0 Å². The summed E-state index contributed by atoms with van der Waals surface area (Å²) in [6.07, 6.45) is -4.37. The quantitative estimate of drug-likeness (QED) is 0.673. The molecular formula is C13H8F3N3. The number of alkyl halides is 3. The maximum absolute atomic E-state index is 12.6. The van der Waals surface area contributed by atoms with E-state index in [1.165, 1.54) is 10.7 Å². The Kier molecular flexibility index (Phi) is 2.51. The number of fused-ring (bicyclic) bond motifs is 1. The summed E-state index contributed by atoms with van der Waals surface area (Å²) in [6.45, 7) is 0. The molecule has 0 aliphatic carbocycles. The molecule has 0 aliphatic rings. The van der Waals surface area contributed by atoms with Crippen LogP contribution in [-0.4, -0.2) is 15.0 Å². The second kappa shape index (κ2) is 4.08. The maximum Gasteiger partial charge on any atom is 0.416 e. The van der Waals surface area contributed by atoms with Gasteiger partial charge in [-0.15, -0.1) is 5.10 Å². The summed E-state index contributed by atoms with van der Waals surface area (Å²) in [4.78, 5) is 0. The molecule has 0 radical (unpaired) electrons. The third-order valence-corrected chi connectivity index (χ3v) is 2.77. The average molecular weight is 263 g/mol. The number of halogens is 3. The van der Waals surface area contributed by atoms with Crippen molar-refractivity contribution in [3.05, 3.63) is 54.1 Å². The molecule has 0 unspecified atom stereocenters. The van der Waals surface area contributed by atoms with Gasteiger partial charge in [-0.2, -0.15) is 13.2 Å². The topological polar surface area (TPSA) is 30.7 Å². The molecule has 1 heterocycles. The summed E-state index contributed by atoms with van der Waals surface area (Å²) in [7, 11) is 0.